The minimum atomic E-state index is -2.17. The first-order valence-corrected chi connectivity index (χ1v) is 3.05. The molecule has 0 unspecified atom stereocenters. The highest BCUT2D eigenvalue weighted by molar-refractivity contribution is 6.30. The molecule has 0 radical (unpaired) electrons. The fourth-order valence-corrected chi connectivity index (χ4v) is 0.411. The van der Waals surface area contributed by atoms with E-state index in [1.807, 2.05) is 20.0 Å². The van der Waals surface area contributed by atoms with Gasteiger partial charge in [-0.15, -0.1) is 0 Å². The number of nitrogens with one attached hydrogen (secondary N) is 1. The number of rotatable bonds is 0. The first-order chi connectivity index (χ1) is 5.04. The van der Waals surface area contributed by atoms with E-state index in [1.165, 1.54) is 5.56 Å². The average Bonchev–Trinajstić information content (AvgIpc) is 2.15. The second kappa shape index (κ2) is 4.89. The maximum Gasteiger partial charge on any atom is 0.631 e. The first-order valence-electron chi connectivity index (χ1n) is 3.05. The highest BCUT2D eigenvalue weighted by atomic mass is 16.5. The summed E-state index contributed by atoms with van der Waals surface area (Å²) in [6, 6.07) is 0. The van der Waals surface area contributed by atoms with Crippen LogP contribution >= 0.6 is 0 Å². The van der Waals surface area contributed by atoms with Crippen LogP contribution in [0, 0.1) is 13.8 Å². The summed E-state index contributed by atoms with van der Waals surface area (Å²) in [6.45, 7) is 4.03. The van der Waals surface area contributed by atoms with Gasteiger partial charge in [0, 0.05) is 5.69 Å². The van der Waals surface area contributed by atoms with E-state index in [0.717, 1.165) is 5.69 Å². The van der Waals surface area contributed by atoms with Crippen molar-refractivity contribution in [3.05, 3.63) is 17.5 Å². The molecule has 1 heterocycles. The van der Waals surface area contributed by atoms with Crippen LogP contribution in [0.3, 0.4) is 0 Å². The fourth-order valence-electron chi connectivity index (χ4n) is 0.411. The van der Waals surface area contributed by atoms with Gasteiger partial charge in [-0.3, -0.25) is 5.10 Å². The molecular formula is C5H11BN2O3. The summed E-state index contributed by atoms with van der Waals surface area (Å²) in [5.41, 5.74) is 2.38. The van der Waals surface area contributed by atoms with E-state index in [9.17, 15) is 0 Å². The average molecular weight is 158 g/mol. The van der Waals surface area contributed by atoms with Gasteiger partial charge in [-0.2, -0.15) is 5.10 Å². The second-order valence-corrected chi connectivity index (χ2v) is 2.02. The molecular weight excluding hydrogens is 147 g/mol. The molecule has 5 nitrogen and oxygen atoms in total. The zero-order chi connectivity index (χ0) is 8.85. The van der Waals surface area contributed by atoms with Gasteiger partial charge >= 0.3 is 7.32 Å². The predicted molar refractivity (Wildman–Crippen MR) is 40.5 cm³/mol. The topological polar surface area (TPSA) is 89.4 Å². The Morgan fingerprint density at radius 2 is 1.82 bits per heavy atom. The van der Waals surface area contributed by atoms with Crippen molar-refractivity contribution >= 4 is 7.32 Å². The van der Waals surface area contributed by atoms with E-state index >= 15 is 0 Å². The van der Waals surface area contributed by atoms with Crippen molar-refractivity contribution in [2.24, 2.45) is 0 Å². The summed E-state index contributed by atoms with van der Waals surface area (Å²) in [5.74, 6) is 0. The van der Waals surface area contributed by atoms with Gasteiger partial charge in [0.25, 0.3) is 0 Å². The van der Waals surface area contributed by atoms with E-state index in [2.05, 4.69) is 10.2 Å². The Kier molecular flexibility index (Phi) is 4.52. The fraction of sp³-hybridized carbons (Fsp3) is 0.400. The summed E-state index contributed by atoms with van der Waals surface area (Å²) in [4.78, 5) is 0. The molecule has 0 amide bonds. The number of hydrogen-bond acceptors (Lipinski definition) is 4. The quantitative estimate of drug-likeness (QED) is 0.363. The van der Waals surface area contributed by atoms with Crippen molar-refractivity contribution in [1.29, 1.82) is 0 Å². The lowest BCUT2D eigenvalue weighted by atomic mass is 10.3. The van der Waals surface area contributed by atoms with Crippen LogP contribution in [0.25, 0.3) is 0 Å². The van der Waals surface area contributed by atoms with Crippen LogP contribution in [-0.4, -0.2) is 32.6 Å². The third-order valence-corrected chi connectivity index (χ3v) is 1.08. The van der Waals surface area contributed by atoms with Gasteiger partial charge in [-0.25, -0.2) is 0 Å². The Hall–Kier alpha value is -0.845. The maximum absolute atomic E-state index is 7.17. The smallest absolute Gasteiger partial charge is 0.402 e. The van der Waals surface area contributed by atoms with E-state index in [-0.39, 0.29) is 0 Å². The van der Waals surface area contributed by atoms with Gasteiger partial charge < -0.3 is 15.1 Å². The molecule has 1 aromatic heterocycles. The van der Waals surface area contributed by atoms with E-state index in [0.29, 0.717) is 0 Å². The Labute approximate surface area is 64.9 Å². The molecule has 0 saturated carbocycles. The largest absolute Gasteiger partial charge is 0.631 e. The minimum absolute atomic E-state index is 1.15. The summed E-state index contributed by atoms with van der Waals surface area (Å²) in [7, 11) is -2.17. The molecule has 0 spiro atoms. The molecule has 6 heteroatoms. The molecule has 0 bridgehead atoms. The number of aromatic amines is 1. The van der Waals surface area contributed by atoms with Crippen LogP contribution in [0.2, 0.25) is 0 Å². The highest BCUT2D eigenvalue weighted by Crippen LogP contribution is 1.96. The molecule has 0 aliphatic carbocycles. The van der Waals surface area contributed by atoms with Crippen molar-refractivity contribution in [2.45, 2.75) is 13.8 Å². The molecule has 0 aliphatic rings. The highest BCUT2D eigenvalue weighted by Gasteiger charge is 1.92. The lowest BCUT2D eigenvalue weighted by Crippen LogP contribution is -2.07. The molecule has 1 rings (SSSR count). The lowest BCUT2D eigenvalue weighted by molar-refractivity contribution is 0.278. The SMILES string of the molecule is Cc1cn[nH]c1C.OB(O)O. The van der Waals surface area contributed by atoms with Gasteiger partial charge in [0.1, 0.15) is 0 Å². The van der Waals surface area contributed by atoms with Crippen LogP contribution in [0.1, 0.15) is 11.3 Å². The third-order valence-electron chi connectivity index (χ3n) is 1.08. The van der Waals surface area contributed by atoms with Crippen molar-refractivity contribution in [3.63, 3.8) is 0 Å². The van der Waals surface area contributed by atoms with Gasteiger partial charge in [-0.05, 0) is 19.4 Å². The monoisotopic (exact) mass is 158 g/mol. The molecule has 0 atom stereocenters. The summed E-state index contributed by atoms with van der Waals surface area (Å²) in [5, 5.41) is 28.1. The Balaban J connectivity index is 0.000000218. The number of H-pyrrole nitrogens is 1. The maximum atomic E-state index is 7.17. The Morgan fingerprint density at radius 3 is 1.91 bits per heavy atom. The standard InChI is InChI=1S/C5H8N2.BH3O3/c1-4-3-6-7-5(4)2;2-1(3)4/h3H,1-2H3,(H,6,7);2-4H. The number of aromatic nitrogens is 2. The van der Waals surface area contributed by atoms with Crippen LogP contribution in [-0.2, 0) is 0 Å². The minimum Gasteiger partial charge on any atom is -0.402 e. The third kappa shape index (κ3) is 5.59. The molecule has 0 fully saturated rings. The number of aryl methyl sites for hydroxylation is 2. The second-order valence-electron chi connectivity index (χ2n) is 2.02. The van der Waals surface area contributed by atoms with Crippen molar-refractivity contribution in [2.75, 3.05) is 0 Å². The molecule has 62 valence electrons. The first kappa shape index (κ1) is 10.2. The molecule has 0 saturated heterocycles. The normalized spacial score (nSPS) is 8.45. The van der Waals surface area contributed by atoms with Crippen LogP contribution in [0.15, 0.2) is 6.20 Å². The van der Waals surface area contributed by atoms with Gasteiger partial charge in [0.2, 0.25) is 0 Å². The van der Waals surface area contributed by atoms with Gasteiger partial charge in [-0.1, -0.05) is 0 Å². The number of nitrogens with zero attached hydrogens (tertiary/aromatic N) is 1. The summed E-state index contributed by atoms with van der Waals surface area (Å²) < 4.78 is 0. The summed E-state index contributed by atoms with van der Waals surface area (Å²) >= 11 is 0. The molecule has 4 N–H and O–H groups in total. The van der Waals surface area contributed by atoms with Gasteiger partial charge in [0.05, 0.1) is 6.20 Å². The van der Waals surface area contributed by atoms with E-state index in [1.54, 1.807) is 0 Å². The zero-order valence-electron chi connectivity index (χ0n) is 6.44. The van der Waals surface area contributed by atoms with Crippen molar-refractivity contribution < 1.29 is 15.1 Å². The van der Waals surface area contributed by atoms with Crippen LogP contribution < -0.4 is 0 Å². The van der Waals surface area contributed by atoms with Crippen LogP contribution in [0.4, 0.5) is 0 Å². The molecule has 0 aliphatic heterocycles. The van der Waals surface area contributed by atoms with E-state index < -0.39 is 7.32 Å². The van der Waals surface area contributed by atoms with Crippen LogP contribution in [0.5, 0.6) is 0 Å². The molecule has 0 aromatic carbocycles. The Bertz CT molecular complexity index is 182. The summed E-state index contributed by atoms with van der Waals surface area (Å²) in [6.07, 6.45) is 1.81. The predicted octanol–water partition coefficient (Wildman–Crippen LogP) is -1.03. The van der Waals surface area contributed by atoms with Gasteiger partial charge in [0.15, 0.2) is 0 Å². The Morgan fingerprint density at radius 1 is 1.36 bits per heavy atom. The molecule has 1 aromatic rings. The number of hydrogen-bond donors (Lipinski definition) is 4. The van der Waals surface area contributed by atoms with Crippen molar-refractivity contribution in [3.8, 4) is 0 Å². The zero-order valence-corrected chi connectivity index (χ0v) is 6.44. The lowest BCUT2D eigenvalue weighted by Gasteiger charge is -1.78. The van der Waals surface area contributed by atoms with Crippen molar-refractivity contribution in [1.82, 2.24) is 10.2 Å². The molecule has 11 heavy (non-hydrogen) atoms. The van der Waals surface area contributed by atoms with E-state index in [4.69, 9.17) is 15.1 Å².